The molecule has 4 atom stereocenters. The molecule has 2 N–H and O–H groups in total. The monoisotopic (exact) mass is 224 g/mol. The number of hydrogen-bond acceptors (Lipinski definition) is 3. The highest BCUT2D eigenvalue weighted by atomic mass is 16.3. The van der Waals surface area contributed by atoms with Gasteiger partial charge in [0.05, 0.1) is 12.1 Å². The summed E-state index contributed by atoms with van der Waals surface area (Å²) in [6.45, 7) is 1.34. The molecule has 2 unspecified atom stereocenters. The number of rotatable bonds is 2. The van der Waals surface area contributed by atoms with Crippen molar-refractivity contribution in [1.82, 2.24) is 10.2 Å². The molecule has 3 aliphatic rings. The third kappa shape index (κ3) is 1.47. The Balaban J connectivity index is 1.62. The number of nitrogens with one attached hydrogen (secondary N) is 1. The van der Waals surface area contributed by atoms with Gasteiger partial charge < -0.3 is 15.3 Å². The van der Waals surface area contributed by atoms with Gasteiger partial charge >= 0.3 is 0 Å². The minimum atomic E-state index is -0.396. The highest BCUT2D eigenvalue weighted by molar-refractivity contribution is 5.82. The van der Waals surface area contributed by atoms with Crippen LogP contribution in [0, 0.1) is 17.8 Å². The summed E-state index contributed by atoms with van der Waals surface area (Å²) in [5.41, 5.74) is 0. The van der Waals surface area contributed by atoms with Crippen LogP contribution in [-0.4, -0.2) is 48.2 Å². The number of amides is 1. The molecule has 16 heavy (non-hydrogen) atoms. The maximum Gasteiger partial charge on any atom is 0.226 e. The average molecular weight is 224 g/mol. The third-order valence-corrected chi connectivity index (χ3v) is 4.69. The number of aliphatic hydroxyl groups excluding tert-OH is 1. The fraction of sp³-hybridized carbons (Fsp3) is 0.917. The molecule has 0 aromatic rings. The van der Waals surface area contributed by atoms with E-state index < -0.39 is 6.10 Å². The van der Waals surface area contributed by atoms with E-state index in [-0.39, 0.29) is 17.9 Å². The molecule has 90 valence electrons. The molecule has 1 saturated heterocycles. The molecule has 0 aromatic heterocycles. The molecule has 2 saturated carbocycles. The molecular weight excluding hydrogens is 204 g/mol. The van der Waals surface area contributed by atoms with Crippen molar-refractivity contribution in [1.29, 1.82) is 0 Å². The Hall–Kier alpha value is -0.610. The standard InChI is InChI=1S/C12H20N2O2/c1-14(9-5-13-6-10(9)15)12(16)11-7-3-2-4-8(7)11/h7-11,13,15H,2-6H2,1H3/t7?,8?,9-,10-,11?/m1/s1. The molecule has 4 nitrogen and oxygen atoms in total. The van der Waals surface area contributed by atoms with E-state index in [4.69, 9.17) is 0 Å². The molecule has 3 rings (SSSR count). The number of carbonyl (C=O) groups excluding carboxylic acids is 1. The second kappa shape index (κ2) is 3.70. The lowest BCUT2D eigenvalue weighted by atomic mass is 10.1. The van der Waals surface area contributed by atoms with Gasteiger partial charge in [0, 0.05) is 26.1 Å². The van der Waals surface area contributed by atoms with Gasteiger partial charge in [0.15, 0.2) is 0 Å². The summed E-state index contributed by atoms with van der Waals surface area (Å²) in [6.07, 6.45) is 3.38. The first-order chi connectivity index (χ1) is 7.70. The number of fused-ring (bicyclic) bond motifs is 1. The van der Waals surface area contributed by atoms with Crippen LogP contribution in [0.3, 0.4) is 0 Å². The molecule has 0 spiro atoms. The van der Waals surface area contributed by atoms with Crippen molar-refractivity contribution in [2.45, 2.75) is 31.4 Å². The van der Waals surface area contributed by atoms with Crippen LogP contribution in [0.2, 0.25) is 0 Å². The summed E-state index contributed by atoms with van der Waals surface area (Å²) in [5, 5.41) is 12.9. The maximum atomic E-state index is 12.2. The molecule has 0 radical (unpaired) electrons. The van der Waals surface area contributed by atoms with Crippen molar-refractivity contribution >= 4 is 5.91 Å². The first-order valence-electron chi connectivity index (χ1n) is 6.35. The smallest absolute Gasteiger partial charge is 0.226 e. The van der Waals surface area contributed by atoms with Crippen LogP contribution < -0.4 is 5.32 Å². The zero-order valence-corrected chi connectivity index (χ0v) is 9.72. The van der Waals surface area contributed by atoms with Gasteiger partial charge in [-0.15, -0.1) is 0 Å². The van der Waals surface area contributed by atoms with Crippen molar-refractivity contribution < 1.29 is 9.90 Å². The van der Waals surface area contributed by atoms with Crippen molar-refractivity contribution in [2.24, 2.45) is 17.8 Å². The molecule has 3 fully saturated rings. The van der Waals surface area contributed by atoms with Crippen LogP contribution >= 0.6 is 0 Å². The number of carbonyl (C=O) groups is 1. The van der Waals surface area contributed by atoms with Gasteiger partial charge in [0.1, 0.15) is 0 Å². The van der Waals surface area contributed by atoms with E-state index in [9.17, 15) is 9.90 Å². The zero-order chi connectivity index (χ0) is 11.3. The third-order valence-electron chi connectivity index (χ3n) is 4.69. The lowest BCUT2D eigenvalue weighted by Gasteiger charge is -2.27. The predicted molar refractivity (Wildman–Crippen MR) is 59.8 cm³/mol. The first-order valence-corrected chi connectivity index (χ1v) is 6.35. The van der Waals surface area contributed by atoms with E-state index in [0.29, 0.717) is 18.4 Å². The molecule has 1 amide bonds. The Kier molecular flexibility index (Phi) is 2.44. The van der Waals surface area contributed by atoms with Gasteiger partial charge in [-0.2, -0.15) is 0 Å². The largest absolute Gasteiger partial charge is 0.390 e. The second-order valence-electron chi connectivity index (χ2n) is 5.53. The van der Waals surface area contributed by atoms with Crippen molar-refractivity contribution in [3.8, 4) is 0 Å². The summed E-state index contributed by atoms with van der Waals surface area (Å²) >= 11 is 0. The van der Waals surface area contributed by atoms with E-state index in [0.717, 1.165) is 6.54 Å². The maximum absolute atomic E-state index is 12.2. The summed E-state index contributed by atoms with van der Waals surface area (Å²) in [5.74, 6) is 1.89. The van der Waals surface area contributed by atoms with E-state index >= 15 is 0 Å². The van der Waals surface area contributed by atoms with Gasteiger partial charge in [0.2, 0.25) is 5.91 Å². The van der Waals surface area contributed by atoms with Crippen molar-refractivity contribution in [3.05, 3.63) is 0 Å². The molecule has 0 bridgehead atoms. The minimum absolute atomic E-state index is 0.0196. The highest BCUT2D eigenvalue weighted by Crippen LogP contribution is 2.58. The van der Waals surface area contributed by atoms with E-state index in [1.54, 1.807) is 4.90 Å². The van der Waals surface area contributed by atoms with Crippen LogP contribution in [0.25, 0.3) is 0 Å². The summed E-state index contributed by atoms with van der Waals surface area (Å²) in [7, 11) is 1.84. The lowest BCUT2D eigenvalue weighted by molar-refractivity contribution is -0.135. The van der Waals surface area contributed by atoms with Crippen LogP contribution in [0.4, 0.5) is 0 Å². The molecule has 1 heterocycles. The Morgan fingerprint density at radius 3 is 2.56 bits per heavy atom. The summed E-state index contributed by atoms with van der Waals surface area (Å²) in [6, 6.07) is -0.0196. The molecule has 0 aromatic carbocycles. The fourth-order valence-electron chi connectivity index (χ4n) is 3.63. The Morgan fingerprint density at radius 1 is 1.31 bits per heavy atom. The normalized spacial score (nSPS) is 45.5. The quantitative estimate of drug-likeness (QED) is 0.684. The Bertz CT molecular complexity index is 297. The summed E-state index contributed by atoms with van der Waals surface area (Å²) in [4.78, 5) is 14.0. The fourth-order valence-corrected chi connectivity index (χ4v) is 3.63. The number of hydrogen-bond donors (Lipinski definition) is 2. The number of likely N-dealkylation sites (N-methyl/N-ethyl adjacent to an activating group) is 1. The van der Waals surface area contributed by atoms with Crippen LogP contribution in [0.1, 0.15) is 19.3 Å². The minimum Gasteiger partial charge on any atom is -0.390 e. The topological polar surface area (TPSA) is 52.6 Å². The average Bonchev–Trinajstić information content (AvgIpc) is 2.70. The highest BCUT2D eigenvalue weighted by Gasteiger charge is 2.57. The van der Waals surface area contributed by atoms with Gasteiger partial charge in [-0.3, -0.25) is 4.79 Å². The number of aliphatic hydroxyl groups is 1. The van der Waals surface area contributed by atoms with Gasteiger partial charge in [-0.25, -0.2) is 0 Å². The second-order valence-corrected chi connectivity index (χ2v) is 5.53. The van der Waals surface area contributed by atoms with Crippen molar-refractivity contribution in [3.63, 3.8) is 0 Å². The lowest BCUT2D eigenvalue weighted by Crippen LogP contribution is -2.45. The van der Waals surface area contributed by atoms with Crippen LogP contribution in [-0.2, 0) is 4.79 Å². The van der Waals surface area contributed by atoms with Crippen LogP contribution in [0.5, 0.6) is 0 Å². The van der Waals surface area contributed by atoms with E-state index in [1.807, 2.05) is 7.05 Å². The van der Waals surface area contributed by atoms with Crippen molar-refractivity contribution in [2.75, 3.05) is 20.1 Å². The van der Waals surface area contributed by atoms with Gasteiger partial charge in [-0.05, 0) is 24.7 Å². The molecule has 1 aliphatic heterocycles. The Morgan fingerprint density at radius 2 is 2.00 bits per heavy atom. The van der Waals surface area contributed by atoms with E-state index in [1.165, 1.54) is 19.3 Å². The first kappa shape index (κ1) is 10.5. The van der Waals surface area contributed by atoms with Gasteiger partial charge in [-0.1, -0.05) is 6.42 Å². The molecule has 2 aliphatic carbocycles. The summed E-state index contributed by atoms with van der Waals surface area (Å²) < 4.78 is 0. The molecular formula is C12H20N2O2. The van der Waals surface area contributed by atoms with Gasteiger partial charge in [0.25, 0.3) is 0 Å². The van der Waals surface area contributed by atoms with Crippen LogP contribution in [0.15, 0.2) is 0 Å². The van der Waals surface area contributed by atoms with E-state index in [2.05, 4.69) is 5.32 Å². The Labute approximate surface area is 96.0 Å². The molecule has 4 heteroatoms. The predicted octanol–water partition coefficient (Wildman–Crippen LogP) is -0.176. The zero-order valence-electron chi connectivity index (χ0n) is 9.72. The SMILES string of the molecule is CN(C(=O)C1C2CCCC21)[C@@H]1CNC[C@H]1O. The number of β-amino-alcohol motifs (C(OH)–C–C–N with tert-alkyl or cyclic N) is 1. The number of nitrogens with zero attached hydrogens (tertiary/aromatic N) is 1.